The highest BCUT2D eigenvalue weighted by Gasteiger charge is 2.07. The number of nitrogens with one attached hydrogen (secondary N) is 1. The van der Waals surface area contributed by atoms with Crippen molar-refractivity contribution in [2.45, 2.75) is 33.4 Å². The van der Waals surface area contributed by atoms with Gasteiger partial charge in [0.2, 0.25) is 0 Å². The number of aryl methyl sites for hydroxylation is 2. The number of phenols is 1. The van der Waals surface area contributed by atoms with Crippen molar-refractivity contribution in [1.29, 1.82) is 0 Å². The first kappa shape index (κ1) is 14.9. The monoisotopic (exact) mass is 289 g/mol. The molecular weight excluding hydrogens is 270 g/mol. The van der Waals surface area contributed by atoms with Gasteiger partial charge in [-0.25, -0.2) is 0 Å². The molecule has 0 amide bonds. The van der Waals surface area contributed by atoms with E-state index in [-0.39, 0.29) is 6.04 Å². The van der Waals surface area contributed by atoms with Crippen LogP contribution < -0.4 is 5.32 Å². The van der Waals surface area contributed by atoms with Crippen LogP contribution in [0.4, 0.5) is 0 Å². The SMILES string of the molecule is Cc1cc(CN[C@H](C)c2cccc(Cl)c2)cc(C)c1O. The van der Waals surface area contributed by atoms with Gasteiger partial charge in [-0.05, 0) is 55.2 Å². The summed E-state index contributed by atoms with van der Waals surface area (Å²) in [5.41, 5.74) is 4.17. The van der Waals surface area contributed by atoms with Crippen molar-refractivity contribution in [2.75, 3.05) is 0 Å². The molecular formula is C17H20ClNO. The summed E-state index contributed by atoms with van der Waals surface area (Å²) < 4.78 is 0. The van der Waals surface area contributed by atoms with Gasteiger partial charge in [-0.2, -0.15) is 0 Å². The topological polar surface area (TPSA) is 32.3 Å². The minimum atomic E-state index is 0.225. The highest BCUT2D eigenvalue weighted by Crippen LogP contribution is 2.23. The summed E-state index contributed by atoms with van der Waals surface area (Å²) in [5.74, 6) is 0.386. The normalized spacial score (nSPS) is 12.4. The Labute approximate surface area is 125 Å². The largest absolute Gasteiger partial charge is 0.507 e. The van der Waals surface area contributed by atoms with Crippen molar-refractivity contribution in [3.05, 3.63) is 63.7 Å². The van der Waals surface area contributed by atoms with E-state index in [9.17, 15) is 5.11 Å². The lowest BCUT2D eigenvalue weighted by atomic mass is 10.0. The summed E-state index contributed by atoms with van der Waals surface area (Å²) in [6.07, 6.45) is 0. The second kappa shape index (κ2) is 6.29. The lowest BCUT2D eigenvalue weighted by molar-refractivity contribution is 0.466. The molecule has 0 radical (unpaired) electrons. The van der Waals surface area contributed by atoms with E-state index in [4.69, 9.17) is 11.6 Å². The van der Waals surface area contributed by atoms with Crippen molar-refractivity contribution in [1.82, 2.24) is 5.32 Å². The smallest absolute Gasteiger partial charge is 0.121 e. The van der Waals surface area contributed by atoms with Crippen LogP contribution in [0.2, 0.25) is 5.02 Å². The molecule has 2 rings (SSSR count). The molecule has 0 saturated heterocycles. The van der Waals surface area contributed by atoms with Gasteiger partial charge in [0, 0.05) is 17.6 Å². The zero-order valence-electron chi connectivity index (χ0n) is 12.1. The Morgan fingerprint density at radius 1 is 1.15 bits per heavy atom. The summed E-state index contributed by atoms with van der Waals surface area (Å²) in [6.45, 7) is 6.72. The molecule has 0 spiro atoms. The summed E-state index contributed by atoms with van der Waals surface area (Å²) in [5, 5.41) is 14.0. The van der Waals surface area contributed by atoms with Crippen LogP contribution in [0.3, 0.4) is 0 Å². The van der Waals surface area contributed by atoms with Crippen LogP contribution in [0.1, 0.15) is 35.2 Å². The first-order chi connectivity index (χ1) is 9.47. The summed E-state index contributed by atoms with van der Waals surface area (Å²) >= 11 is 6.01. The molecule has 0 heterocycles. The molecule has 1 atom stereocenters. The molecule has 0 aromatic heterocycles. The quantitative estimate of drug-likeness (QED) is 0.868. The number of benzene rings is 2. The van der Waals surface area contributed by atoms with Gasteiger partial charge in [0.25, 0.3) is 0 Å². The van der Waals surface area contributed by atoms with Crippen molar-refractivity contribution in [2.24, 2.45) is 0 Å². The van der Waals surface area contributed by atoms with Crippen LogP contribution in [-0.2, 0) is 6.54 Å². The lowest BCUT2D eigenvalue weighted by Crippen LogP contribution is -2.18. The summed E-state index contributed by atoms with van der Waals surface area (Å²) in [6, 6.07) is 12.1. The molecule has 106 valence electrons. The average molecular weight is 290 g/mol. The number of aromatic hydroxyl groups is 1. The van der Waals surface area contributed by atoms with E-state index in [1.807, 2.05) is 44.2 Å². The highest BCUT2D eigenvalue weighted by molar-refractivity contribution is 6.30. The van der Waals surface area contributed by atoms with Crippen molar-refractivity contribution >= 4 is 11.6 Å². The van der Waals surface area contributed by atoms with E-state index in [1.165, 1.54) is 11.1 Å². The van der Waals surface area contributed by atoms with E-state index in [0.717, 1.165) is 22.7 Å². The summed E-state index contributed by atoms with van der Waals surface area (Å²) in [7, 11) is 0. The van der Waals surface area contributed by atoms with Crippen LogP contribution in [0.25, 0.3) is 0 Å². The molecule has 0 fully saturated rings. The number of phenolic OH excluding ortho intramolecular Hbond substituents is 1. The van der Waals surface area contributed by atoms with Crippen molar-refractivity contribution in [3.8, 4) is 5.75 Å². The third-order valence-electron chi connectivity index (χ3n) is 3.51. The Kier molecular flexibility index (Phi) is 4.69. The summed E-state index contributed by atoms with van der Waals surface area (Å²) in [4.78, 5) is 0. The van der Waals surface area contributed by atoms with Crippen LogP contribution in [0.15, 0.2) is 36.4 Å². The average Bonchev–Trinajstić information content (AvgIpc) is 2.42. The van der Waals surface area contributed by atoms with E-state index in [1.54, 1.807) is 0 Å². The zero-order valence-corrected chi connectivity index (χ0v) is 12.8. The van der Waals surface area contributed by atoms with Gasteiger partial charge < -0.3 is 10.4 Å². The molecule has 0 aliphatic carbocycles. The second-order valence-corrected chi connectivity index (χ2v) is 5.67. The van der Waals surface area contributed by atoms with Crippen LogP contribution in [-0.4, -0.2) is 5.11 Å². The molecule has 2 aromatic rings. The van der Waals surface area contributed by atoms with Crippen molar-refractivity contribution in [3.63, 3.8) is 0 Å². The second-order valence-electron chi connectivity index (χ2n) is 5.24. The fourth-order valence-corrected chi connectivity index (χ4v) is 2.51. The third-order valence-corrected chi connectivity index (χ3v) is 3.75. The number of hydrogen-bond acceptors (Lipinski definition) is 2. The van der Waals surface area contributed by atoms with Gasteiger partial charge in [0.1, 0.15) is 5.75 Å². The molecule has 0 saturated carbocycles. The van der Waals surface area contributed by atoms with E-state index >= 15 is 0 Å². The Bertz CT molecular complexity index is 587. The molecule has 0 aliphatic rings. The maximum atomic E-state index is 9.78. The molecule has 2 aromatic carbocycles. The van der Waals surface area contributed by atoms with Crippen molar-refractivity contribution < 1.29 is 5.11 Å². The van der Waals surface area contributed by atoms with Gasteiger partial charge >= 0.3 is 0 Å². The zero-order chi connectivity index (χ0) is 14.7. The first-order valence-electron chi connectivity index (χ1n) is 6.75. The molecule has 2 nitrogen and oxygen atoms in total. The van der Waals surface area contributed by atoms with Gasteiger partial charge in [-0.1, -0.05) is 35.9 Å². The van der Waals surface area contributed by atoms with Gasteiger partial charge in [-0.15, -0.1) is 0 Å². The minimum Gasteiger partial charge on any atom is -0.507 e. The number of rotatable bonds is 4. The molecule has 0 unspecified atom stereocenters. The molecule has 3 heteroatoms. The molecule has 0 bridgehead atoms. The Hall–Kier alpha value is -1.51. The van der Waals surface area contributed by atoms with Crippen LogP contribution >= 0.6 is 11.6 Å². The Morgan fingerprint density at radius 3 is 2.40 bits per heavy atom. The Balaban J connectivity index is 2.05. The fourth-order valence-electron chi connectivity index (χ4n) is 2.31. The van der Waals surface area contributed by atoms with E-state index in [0.29, 0.717) is 5.75 Å². The lowest BCUT2D eigenvalue weighted by Gasteiger charge is -2.15. The van der Waals surface area contributed by atoms with E-state index in [2.05, 4.69) is 18.3 Å². The standard InChI is InChI=1S/C17H20ClNO/c1-11-7-14(8-12(2)17(11)20)10-19-13(3)15-5-4-6-16(18)9-15/h4-9,13,19-20H,10H2,1-3H3/t13-/m1/s1. The molecule has 20 heavy (non-hydrogen) atoms. The number of halogens is 1. The maximum absolute atomic E-state index is 9.78. The van der Waals surface area contributed by atoms with Crippen LogP contribution in [0.5, 0.6) is 5.75 Å². The highest BCUT2D eigenvalue weighted by atomic mass is 35.5. The predicted molar refractivity (Wildman–Crippen MR) is 84.3 cm³/mol. The van der Waals surface area contributed by atoms with Gasteiger partial charge in [-0.3, -0.25) is 0 Å². The minimum absolute atomic E-state index is 0.225. The van der Waals surface area contributed by atoms with Gasteiger partial charge in [0.05, 0.1) is 0 Å². The van der Waals surface area contributed by atoms with E-state index < -0.39 is 0 Å². The fraction of sp³-hybridized carbons (Fsp3) is 0.294. The number of hydrogen-bond donors (Lipinski definition) is 2. The first-order valence-corrected chi connectivity index (χ1v) is 7.13. The Morgan fingerprint density at radius 2 is 1.80 bits per heavy atom. The third kappa shape index (κ3) is 3.53. The molecule has 0 aliphatic heterocycles. The van der Waals surface area contributed by atoms with Gasteiger partial charge in [0.15, 0.2) is 0 Å². The predicted octanol–water partition coefficient (Wildman–Crippen LogP) is 4.51. The van der Waals surface area contributed by atoms with Crippen LogP contribution in [0, 0.1) is 13.8 Å². The maximum Gasteiger partial charge on any atom is 0.121 e. The molecule has 2 N–H and O–H groups in total.